The second kappa shape index (κ2) is 5.50. The minimum absolute atomic E-state index is 0.00283. The Morgan fingerprint density at radius 3 is 2.62 bits per heavy atom. The quantitative estimate of drug-likeness (QED) is 0.781. The van der Waals surface area contributed by atoms with Gasteiger partial charge in [0, 0.05) is 7.11 Å². The average Bonchev–Trinajstić information content (AvgIpc) is 2.27. The molecule has 0 amide bonds. The zero-order chi connectivity index (χ0) is 12.2. The first-order valence-electron chi connectivity index (χ1n) is 6.68. The minimum Gasteiger partial charge on any atom is -0.379 e. The Morgan fingerprint density at radius 2 is 2.12 bits per heavy atom. The molecule has 0 bridgehead atoms. The van der Waals surface area contributed by atoms with Gasteiger partial charge in [0.25, 0.3) is 0 Å². The van der Waals surface area contributed by atoms with Crippen LogP contribution in [0.1, 0.15) is 59.3 Å². The lowest BCUT2D eigenvalue weighted by Crippen LogP contribution is -2.37. The molecule has 1 fully saturated rings. The number of hydrogen-bond donors (Lipinski definition) is 1. The van der Waals surface area contributed by atoms with Crippen molar-refractivity contribution in [3.63, 3.8) is 0 Å². The normalized spacial score (nSPS) is 31.7. The zero-order valence-corrected chi connectivity index (χ0v) is 11.5. The SMILES string of the molecule is COC(C)(C)CCC1(CN)CCCC(C)C1. The standard InChI is InChI=1S/C14H29NO/c1-12-6-5-7-14(10-12,11-15)9-8-13(2,3)16-4/h12H,5-11,15H2,1-4H3. The monoisotopic (exact) mass is 227 g/mol. The number of ether oxygens (including phenoxy) is 1. The van der Waals surface area contributed by atoms with E-state index in [0.717, 1.165) is 18.9 Å². The first-order valence-corrected chi connectivity index (χ1v) is 6.68. The molecular weight excluding hydrogens is 198 g/mol. The summed E-state index contributed by atoms with van der Waals surface area (Å²) in [5.41, 5.74) is 6.43. The van der Waals surface area contributed by atoms with Crippen molar-refractivity contribution in [1.29, 1.82) is 0 Å². The third kappa shape index (κ3) is 3.74. The molecule has 1 aliphatic carbocycles. The molecule has 1 rings (SSSR count). The summed E-state index contributed by atoms with van der Waals surface area (Å²) >= 11 is 0. The fourth-order valence-electron chi connectivity index (χ4n) is 2.95. The van der Waals surface area contributed by atoms with Crippen LogP contribution in [0.5, 0.6) is 0 Å². The molecule has 2 N–H and O–H groups in total. The molecule has 96 valence electrons. The summed E-state index contributed by atoms with van der Waals surface area (Å²) in [6.45, 7) is 7.55. The summed E-state index contributed by atoms with van der Waals surface area (Å²) in [6.07, 6.45) is 7.69. The maximum absolute atomic E-state index is 6.03. The second-order valence-electron chi connectivity index (χ2n) is 6.37. The molecule has 2 atom stereocenters. The van der Waals surface area contributed by atoms with Gasteiger partial charge in [-0.3, -0.25) is 0 Å². The van der Waals surface area contributed by atoms with Crippen molar-refractivity contribution < 1.29 is 4.74 Å². The molecule has 0 heterocycles. The summed E-state index contributed by atoms with van der Waals surface area (Å²) in [5.74, 6) is 0.850. The summed E-state index contributed by atoms with van der Waals surface area (Å²) < 4.78 is 5.50. The summed E-state index contributed by atoms with van der Waals surface area (Å²) in [7, 11) is 1.80. The Morgan fingerprint density at radius 1 is 1.44 bits per heavy atom. The second-order valence-corrected chi connectivity index (χ2v) is 6.37. The zero-order valence-electron chi connectivity index (χ0n) is 11.5. The first kappa shape index (κ1) is 14.0. The maximum atomic E-state index is 6.03. The molecule has 2 unspecified atom stereocenters. The fourth-order valence-corrected chi connectivity index (χ4v) is 2.95. The van der Waals surface area contributed by atoms with Crippen LogP contribution in [0, 0.1) is 11.3 Å². The number of rotatable bonds is 5. The van der Waals surface area contributed by atoms with Crippen LogP contribution in [0.15, 0.2) is 0 Å². The topological polar surface area (TPSA) is 35.2 Å². The highest BCUT2D eigenvalue weighted by molar-refractivity contribution is 4.88. The number of hydrogen-bond acceptors (Lipinski definition) is 2. The Kier molecular flexibility index (Phi) is 4.81. The maximum Gasteiger partial charge on any atom is 0.0623 e. The van der Waals surface area contributed by atoms with Gasteiger partial charge in [-0.05, 0) is 57.4 Å². The molecule has 0 aliphatic heterocycles. The van der Waals surface area contributed by atoms with E-state index in [9.17, 15) is 0 Å². The lowest BCUT2D eigenvalue weighted by molar-refractivity contribution is -0.00231. The van der Waals surface area contributed by atoms with Crippen molar-refractivity contribution in [3.05, 3.63) is 0 Å². The Hall–Kier alpha value is -0.0800. The van der Waals surface area contributed by atoms with Gasteiger partial charge < -0.3 is 10.5 Å². The molecule has 0 saturated heterocycles. The summed E-state index contributed by atoms with van der Waals surface area (Å²) in [5, 5.41) is 0. The molecule has 0 aromatic rings. The van der Waals surface area contributed by atoms with Gasteiger partial charge in [-0.15, -0.1) is 0 Å². The van der Waals surface area contributed by atoms with Crippen LogP contribution >= 0.6 is 0 Å². The van der Waals surface area contributed by atoms with Crippen LogP contribution < -0.4 is 5.73 Å². The summed E-state index contributed by atoms with van der Waals surface area (Å²) in [4.78, 5) is 0. The third-order valence-electron chi connectivity index (χ3n) is 4.43. The Balaban J connectivity index is 2.53. The molecule has 2 nitrogen and oxygen atoms in total. The van der Waals surface area contributed by atoms with Crippen molar-refractivity contribution in [1.82, 2.24) is 0 Å². The third-order valence-corrected chi connectivity index (χ3v) is 4.43. The van der Waals surface area contributed by atoms with Gasteiger partial charge in [0.05, 0.1) is 5.60 Å². The predicted octanol–water partition coefficient (Wildman–Crippen LogP) is 3.35. The fraction of sp³-hybridized carbons (Fsp3) is 1.00. The van der Waals surface area contributed by atoms with Gasteiger partial charge in [-0.2, -0.15) is 0 Å². The van der Waals surface area contributed by atoms with Gasteiger partial charge in [-0.1, -0.05) is 19.8 Å². The van der Waals surface area contributed by atoms with Gasteiger partial charge in [0.1, 0.15) is 0 Å². The van der Waals surface area contributed by atoms with E-state index < -0.39 is 0 Å². The van der Waals surface area contributed by atoms with E-state index in [2.05, 4.69) is 20.8 Å². The highest BCUT2D eigenvalue weighted by atomic mass is 16.5. The van der Waals surface area contributed by atoms with Crippen molar-refractivity contribution >= 4 is 0 Å². The average molecular weight is 227 g/mol. The van der Waals surface area contributed by atoms with Crippen molar-refractivity contribution in [2.45, 2.75) is 64.9 Å². The number of methoxy groups -OCH3 is 1. The van der Waals surface area contributed by atoms with E-state index in [0.29, 0.717) is 5.41 Å². The van der Waals surface area contributed by atoms with E-state index in [1.54, 1.807) is 7.11 Å². The van der Waals surface area contributed by atoms with Crippen LogP contribution in [0.3, 0.4) is 0 Å². The van der Waals surface area contributed by atoms with E-state index in [1.165, 1.54) is 32.1 Å². The number of nitrogens with two attached hydrogens (primary N) is 1. The van der Waals surface area contributed by atoms with E-state index in [-0.39, 0.29) is 5.60 Å². The van der Waals surface area contributed by atoms with Crippen molar-refractivity contribution in [3.8, 4) is 0 Å². The Labute approximate surface area is 101 Å². The van der Waals surface area contributed by atoms with Gasteiger partial charge in [0.2, 0.25) is 0 Å². The van der Waals surface area contributed by atoms with Gasteiger partial charge in [0.15, 0.2) is 0 Å². The van der Waals surface area contributed by atoms with E-state index >= 15 is 0 Å². The van der Waals surface area contributed by atoms with Crippen LogP contribution in [-0.2, 0) is 4.74 Å². The predicted molar refractivity (Wildman–Crippen MR) is 69.4 cm³/mol. The van der Waals surface area contributed by atoms with Crippen molar-refractivity contribution in [2.24, 2.45) is 17.1 Å². The highest BCUT2D eigenvalue weighted by Gasteiger charge is 2.35. The molecule has 1 aliphatic rings. The molecule has 0 spiro atoms. The molecule has 1 saturated carbocycles. The molecule has 2 heteroatoms. The molecule has 0 radical (unpaired) electrons. The highest BCUT2D eigenvalue weighted by Crippen LogP contribution is 2.43. The van der Waals surface area contributed by atoms with Crippen LogP contribution in [-0.4, -0.2) is 19.3 Å². The van der Waals surface area contributed by atoms with Gasteiger partial charge >= 0.3 is 0 Å². The lowest BCUT2D eigenvalue weighted by Gasteiger charge is -2.41. The molecular formula is C14H29NO. The molecule has 0 aromatic heterocycles. The Bertz CT molecular complexity index is 215. The lowest BCUT2D eigenvalue weighted by atomic mass is 9.67. The van der Waals surface area contributed by atoms with Crippen molar-refractivity contribution in [2.75, 3.05) is 13.7 Å². The summed E-state index contributed by atoms with van der Waals surface area (Å²) in [6, 6.07) is 0. The smallest absolute Gasteiger partial charge is 0.0623 e. The van der Waals surface area contributed by atoms with Gasteiger partial charge in [-0.25, -0.2) is 0 Å². The van der Waals surface area contributed by atoms with E-state index in [1.807, 2.05) is 0 Å². The largest absolute Gasteiger partial charge is 0.379 e. The van der Waals surface area contributed by atoms with Crippen LogP contribution in [0.2, 0.25) is 0 Å². The molecule has 0 aromatic carbocycles. The minimum atomic E-state index is 0.00283. The first-order chi connectivity index (χ1) is 7.43. The van der Waals surface area contributed by atoms with E-state index in [4.69, 9.17) is 10.5 Å². The van der Waals surface area contributed by atoms with Crippen LogP contribution in [0.25, 0.3) is 0 Å². The van der Waals surface area contributed by atoms with Crippen LogP contribution in [0.4, 0.5) is 0 Å². The molecule has 16 heavy (non-hydrogen) atoms.